The molecule has 0 aromatic heterocycles. The maximum atomic E-state index is 6.75. The number of ether oxygens (including phenoxy) is 6. The van der Waals surface area contributed by atoms with Gasteiger partial charge >= 0.3 is 0 Å². The molecule has 7 heteroatoms. The van der Waals surface area contributed by atoms with Crippen molar-refractivity contribution < 1.29 is 28.4 Å². The highest BCUT2D eigenvalue weighted by Crippen LogP contribution is 2.32. The van der Waals surface area contributed by atoms with Crippen LogP contribution in [0.15, 0.2) is 121 Å². The minimum Gasteiger partial charge on any atom is -0.374 e. The van der Waals surface area contributed by atoms with E-state index in [2.05, 4.69) is 61.2 Å². The number of hydrogen-bond acceptors (Lipinski definition) is 7. The van der Waals surface area contributed by atoms with Crippen LogP contribution in [-0.4, -0.2) is 49.7 Å². The van der Waals surface area contributed by atoms with Crippen LogP contribution < -0.4 is 0 Å². The molecule has 0 N–H and O–H groups in total. The van der Waals surface area contributed by atoms with E-state index in [-0.39, 0.29) is 0 Å². The molecular weight excluding hydrogens is 584 g/mol. The van der Waals surface area contributed by atoms with E-state index in [0.29, 0.717) is 39.6 Å². The molecule has 0 spiro atoms. The van der Waals surface area contributed by atoms with E-state index in [4.69, 9.17) is 28.4 Å². The molecule has 1 heterocycles. The molecule has 1 saturated heterocycles. The summed E-state index contributed by atoms with van der Waals surface area (Å²) in [5.74, 6) is 0.803. The Morgan fingerprint density at radius 3 is 1.42 bits per heavy atom. The smallest absolute Gasteiger partial charge is 0.186 e. The second-order valence-electron chi connectivity index (χ2n) is 11.1. The Morgan fingerprint density at radius 1 is 0.489 bits per heavy atom. The first-order chi connectivity index (χ1) is 22.3. The Hall–Kier alpha value is -3.01. The van der Waals surface area contributed by atoms with Crippen molar-refractivity contribution >= 4 is 12.6 Å². The Labute approximate surface area is 273 Å². The molecule has 1 aliphatic rings. The summed E-state index contributed by atoms with van der Waals surface area (Å²) in [5.41, 5.74) is 4.28. The van der Waals surface area contributed by atoms with Crippen molar-refractivity contribution in [3.63, 3.8) is 0 Å². The molecule has 0 saturated carbocycles. The molecular formula is C38H44O6S. The van der Waals surface area contributed by atoms with Gasteiger partial charge in [0.05, 0.1) is 33.0 Å². The number of thiol groups is 1. The lowest BCUT2D eigenvalue weighted by molar-refractivity contribution is -0.328. The van der Waals surface area contributed by atoms with Crippen LogP contribution in [0.1, 0.15) is 35.1 Å². The van der Waals surface area contributed by atoms with Gasteiger partial charge in [0.2, 0.25) is 0 Å². The first-order valence-corrected chi connectivity index (χ1v) is 16.4. The highest BCUT2D eigenvalue weighted by atomic mass is 32.1. The summed E-state index contributed by atoms with van der Waals surface area (Å²) in [6.45, 7) is 2.47. The fraction of sp³-hybridized carbons (Fsp3) is 0.368. The van der Waals surface area contributed by atoms with Crippen LogP contribution >= 0.6 is 12.6 Å². The quantitative estimate of drug-likeness (QED) is 0.0915. The molecule has 5 atom stereocenters. The average Bonchev–Trinajstić information content (AvgIpc) is 3.10. The van der Waals surface area contributed by atoms with E-state index >= 15 is 0 Å². The van der Waals surface area contributed by atoms with Crippen molar-refractivity contribution in [2.75, 3.05) is 19.0 Å². The van der Waals surface area contributed by atoms with Gasteiger partial charge < -0.3 is 28.4 Å². The predicted molar refractivity (Wildman–Crippen MR) is 179 cm³/mol. The highest BCUT2D eigenvalue weighted by Gasteiger charge is 2.49. The Bertz CT molecular complexity index is 1330. The summed E-state index contributed by atoms with van der Waals surface area (Å²) >= 11 is 4.37. The summed E-state index contributed by atoms with van der Waals surface area (Å²) in [6.07, 6.45) is -0.828. The molecule has 0 bridgehead atoms. The van der Waals surface area contributed by atoms with Gasteiger partial charge in [-0.3, -0.25) is 0 Å². The summed E-state index contributed by atoms with van der Waals surface area (Å²) < 4.78 is 39.4. The van der Waals surface area contributed by atoms with E-state index in [1.165, 1.54) is 0 Å². The van der Waals surface area contributed by atoms with Crippen LogP contribution in [0.3, 0.4) is 0 Å². The van der Waals surface area contributed by atoms with Crippen molar-refractivity contribution in [2.45, 2.75) is 70.0 Å². The SMILES string of the molecule is SCCCCO[C@@H]1O[C@H](COCc2ccccc2)[C@@H](OCc2ccccc2)[C@H](OCc2ccccc2)[C@H]1OCc1ccccc1. The van der Waals surface area contributed by atoms with Gasteiger partial charge in [-0.2, -0.15) is 12.6 Å². The van der Waals surface area contributed by atoms with Crippen LogP contribution in [0, 0.1) is 0 Å². The maximum Gasteiger partial charge on any atom is 0.186 e. The normalized spacial score (nSPS) is 21.5. The summed E-state index contributed by atoms with van der Waals surface area (Å²) in [5, 5.41) is 0. The molecule has 238 valence electrons. The Morgan fingerprint density at radius 2 is 0.933 bits per heavy atom. The monoisotopic (exact) mass is 628 g/mol. The first-order valence-electron chi connectivity index (χ1n) is 15.8. The summed E-state index contributed by atoms with van der Waals surface area (Å²) in [7, 11) is 0. The minimum absolute atomic E-state index is 0.307. The third-order valence-electron chi connectivity index (χ3n) is 7.68. The molecule has 6 nitrogen and oxygen atoms in total. The molecule has 1 fully saturated rings. The Balaban J connectivity index is 1.41. The molecule has 0 radical (unpaired) electrons. The van der Waals surface area contributed by atoms with Crippen molar-refractivity contribution in [3.05, 3.63) is 144 Å². The molecule has 0 unspecified atom stereocenters. The zero-order chi connectivity index (χ0) is 30.9. The van der Waals surface area contributed by atoms with Crippen LogP contribution in [0.4, 0.5) is 0 Å². The van der Waals surface area contributed by atoms with E-state index in [9.17, 15) is 0 Å². The second kappa shape index (κ2) is 18.8. The van der Waals surface area contributed by atoms with Gasteiger partial charge in [0.25, 0.3) is 0 Å². The molecule has 45 heavy (non-hydrogen) atoms. The van der Waals surface area contributed by atoms with Gasteiger partial charge in [0, 0.05) is 6.61 Å². The largest absolute Gasteiger partial charge is 0.374 e. The number of rotatable bonds is 18. The van der Waals surface area contributed by atoms with Crippen LogP contribution in [0.25, 0.3) is 0 Å². The predicted octanol–water partition coefficient (Wildman–Crippen LogP) is 7.41. The Kier molecular flexibility index (Phi) is 14.0. The van der Waals surface area contributed by atoms with Gasteiger partial charge in [-0.25, -0.2) is 0 Å². The van der Waals surface area contributed by atoms with Crippen LogP contribution in [-0.2, 0) is 54.8 Å². The lowest BCUT2D eigenvalue weighted by atomic mass is 9.97. The van der Waals surface area contributed by atoms with Crippen molar-refractivity contribution in [1.82, 2.24) is 0 Å². The van der Waals surface area contributed by atoms with Crippen molar-refractivity contribution in [1.29, 1.82) is 0 Å². The van der Waals surface area contributed by atoms with E-state index in [1.807, 2.05) is 72.8 Å². The van der Waals surface area contributed by atoms with E-state index < -0.39 is 30.7 Å². The van der Waals surface area contributed by atoms with Crippen molar-refractivity contribution in [3.8, 4) is 0 Å². The van der Waals surface area contributed by atoms with Crippen LogP contribution in [0.5, 0.6) is 0 Å². The minimum atomic E-state index is -0.670. The summed E-state index contributed by atoms with van der Waals surface area (Å²) in [4.78, 5) is 0. The highest BCUT2D eigenvalue weighted by molar-refractivity contribution is 7.80. The van der Waals surface area contributed by atoms with Gasteiger partial charge in [-0.1, -0.05) is 121 Å². The summed E-state index contributed by atoms with van der Waals surface area (Å²) in [6, 6.07) is 40.6. The standard InChI is InChI=1S/C38H44O6S/c45-24-14-13-23-40-38-37(43-28-33-21-11-4-12-22-33)36(42-27-32-19-9-3-10-20-32)35(41-26-31-17-7-2-8-18-31)34(44-38)29-39-25-30-15-5-1-6-16-30/h1-12,15-22,34-38,45H,13-14,23-29H2/t34-,35-,36+,37-,38-/m1/s1. The average molecular weight is 629 g/mol. The maximum absolute atomic E-state index is 6.75. The van der Waals surface area contributed by atoms with Gasteiger partial charge in [0.15, 0.2) is 6.29 Å². The van der Waals surface area contributed by atoms with Crippen molar-refractivity contribution in [2.24, 2.45) is 0 Å². The number of hydrogen-bond donors (Lipinski definition) is 1. The number of unbranched alkanes of at least 4 members (excludes halogenated alkanes) is 1. The van der Waals surface area contributed by atoms with Crippen LogP contribution in [0.2, 0.25) is 0 Å². The fourth-order valence-electron chi connectivity index (χ4n) is 5.29. The van der Waals surface area contributed by atoms with Gasteiger partial charge in [0.1, 0.15) is 24.4 Å². The fourth-order valence-corrected chi connectivity index (χ4v) is 5.52. The lowest BCUT2D eigenvalue weighted by Crippen LogP contribution is -2.61. The topological polar surface area (TPSA) is 55.4 Å². The molecule has 1 aliphatic heterocycles. The third-order valence-corrected chi connectivity index (χ3v) is 7.99. The third kappa shape index (κ3) is 10.8. The molecule has 0 aliphatic carbocycles. The van der Waals surface area contributed by atoms with E-state index in [0.717, 1.165) is 40.8 Å². The lowest BCUT2D eigenvalue weighted by Gasteiger charge is -2.46. The van der Waals surface area contributed by atoms with Gasteiger partial charge in [-0.05, 0) is 40.8 Å². The molecule has 4 aromatic carbocycles. The first kappa shape index (κ1) is 33.4. The zero-order valence-corrected chi connectivity index (χ0v) is 26.6. The van der Waals surface area contributed by atoms with Gasteiger partial charge in [-0.15, -0.1) is 0 Å². The molecule has 0 amide bonds. The molecule has 4 aromatic rings. The zero-order valence-electron chi connectivity index (χ0n) is 25.7. The van der Waals surface area contributed by atoms with E-state index in [1.54, 1.807) is 0 Å². The second-order valence-corrected chi connectivity index (χ2v) is 11.6. The molecule has 5 rings (SSSR count). The number of benzene rings is 4.